The number of carbonyl (C=O) groups is 1. The summed E-state index contributed by atoms with van der Waals surface area (Å²) in [6.07, 6.45) is 4.50. The van der Waals surface area contributed by atoms with Gasteiger partial charge in [0.1, 0.15) is 17.2 Å². The molecule has 4 heterocycles. The van der Waals surface area contributed by atoms with Gasteiger partial charge < -0.3 is 24.8 Å². The fraction of sp³-hybridized carbons (Fsp3) is 0.458. The number of alkyl carbamates (subject to hydrolysis) is 1. The lowest BCUT2D eigenvalue weighted by atomic mass is 10.0. The molecule has 0 saturated carbocycles. The first-order valence-corrected chi connectivity index (χ1v) is 11.7. The number of aliphatic hydroxyl groups excluding tert-OH is 1. The number of piperidine rings is 1. The van der Waals surface area contributed by atoms with Gasteiger partial charge in [-0.1, -0.05) is 11.6 Å². The number of halogens is 1. The van der Waals surface area contributed by atoms with Gasteiger partial charge in [0, 0.05) is 30.4 Å². The van der Waals surface area contributed by atoms with Crippen LogP contribution in [0.4, 0.5) is 10.6 Å². The fourth-order valence-electron chi connectivity index (χ4n) is 4.02. The van der Waals surface area contributed by atoms with Gasteiger partial charge in [-0.2, -0.15) is 5.10 Å². The lowest BCUT2D eigenvalue weighted by Crippen LogP contribution is -2.55. The van der Waals surface area contributed by atoms with Gasteiger partial charge in [0.15, 0.2) is 0 Å². The molecular formula is C24H30ClN5O4. The summed E-state index contributed by atoms with van der Waals surface area (Å²) in [5.74, 6) is 1.44. The predicted molar refractivity (Wildman–Crippen MR) is 131 cm³/mol. The Morgan fingerprint density at radius 3 is 2.76 bits per heavy atom. The van der Waals surface area contributed by atoms with Crippen LogP contribution in [0.25, 0.3) is 16.6 Å². The normalized spacial score (nSPS) is 18.7. The first kappa shape index (κ1) is 24.1. The van der Waals surface area contributed by atoms with Crippen molar-refractivity contribution in [3.63, 3.8) is 0 Å². The van der Waals surface area contributed by atoms with Crippen LogP contribution >= 0.6 is 11.6 Å². The largest absolute Gasteiger partial charge is 0.492 e. The molecule has 182 valence electrons. The van der Waals surface area contributed by atoms with Crippen molar-refractivity contribution in [2.75, 3.05) is 24.6 Å². The summed E-state index contributed by atoms with van der Waals surface area (Å²) in [6, 6.07) is 5.44. The van der Waals surface area contributed by atoms with Gasteiger partial charge in [0.2, 0.25) is 0 Å². The standard InChI is InChI=1S/C24H30ClN5O4/c1-5-33-16-10-17(22-18(25)12-27-30(22)13-16)15-6-7-21(26-11-15)29-9-8-19(20(31)14-29)28-23(32)34-24(2,3)4/h6-7,10-13,19-20,31H,5,8-9,14H2,1-4H3,(H,28,32)/t19-,20-/m0/s1. The van der Waals surface area contributed by atoms with Crippen molar-refractivity contribution < 1.29 is 19.4 Å². The zero-order chi connectivity index (χ0) is 24.5. The number of amides is 1. The van der Waals surface area contributed by atoms with Crippen LogP contribution in [-0.2, 0) is 4.74 Å². The third-order valence-corrected chi connectivity index (χ3v) is 5.80. The number of carbonyl (C=O) groups excluding carboxylic acids is 1. The van der Waals surface area contributed by atoms with Crippen LogP contribution in [0.2, 0.25) is 5.02 Å². The summed E-state index contributed by atoms with van der Waals surface area (Å²) in [7, 11) is 0. The number of fused-ring (bicyclic) bond motifs is 1. The molecule has 0 spiro atoms. The van der Waals surface area contributed by atoms with E-state index in [0.29, 0.717) is 36.9 Å². The molecule has 1 saturated heterocycles. The van der Waals surface area contributed by atoms with Crippen LogP contribution < -0.4 is 15.0 Å². The number of pyridine rings is 2. The number of nitrogens with one attached hydrogen (secondary N) is 1. The minimum absolute atomic E-state index is 0.353. The molecule has 34 heavy (non-hydrogen) atoms. The molecule has 3 aromatic rings. The minimum atomic E-state index is -0.740. The van der Waals surface area contributed by atoms with Crippen molar-refractivity contribution in [2.45, 2.75) is 51.9 Å². The summed E-state index contributed by atoms with van der Waals surface area (Å²) in [6.45, 7) is 8.88. The Morgan fingerprint density at radius 1 is 1.32 bits per heavy atom. The molecule has 0 bridgehead atoms. The van der Waals surface area contributed by atoms with Gasteiger partial charge in [-0.25, -0.2) is 14.3 Å². The first-order chi connectivity index (χ1) is 16.1. The maximum absolute atomic E-state index is 12.1. The number of ether oxygens (including phenoxy) is 2. The van der Waals surface area contributed by atoms with Crippen LogP contribution in [0.15, 0.2) is 36.8 Å². The van der Waals surface area contributed by atoms with E-state index >= 15 is 0 Å². The van der Waals surface area contributed by atoms with Gasteiger partial charge in [0.05, 0.1) is 41.7 Å². The number of aliphatic hydroxyl groups is 1. The molecule has 4 rings (SSSR count). The van der Waals surface area contributed by atoms with Crippen molar-refractivity contribution >= 4 is 29.0 Å². The van der Waals surface area contributed by atoms with Gasteiger partial charge in [-0.3, -0.25) is 0 Å². The summed E-state index contributed by atoms with van der Waals surface area (Å²) in [4.78, 5) is 18.7. The van der Waals surface area contributed by atoms with Crippen molar-refractivity contribution in [1.82, 2.24) is 19.9 Å². The third kappa shape index (κ3) is 5.37. The first-order valence-electron chi connectivity index (χ1n) is 11.3. The number of hydrogen-bond donors (Lipinski definition) is 2. The Hall–Kier alpha value is -3.04. The van der Waals surface area contributed by atoms with E-state index in [4.69, 9.17) is 21.1 Å². The number of aromatic nitrogens is 3. The number of β-amino-alcohol motifs (C(OH)–C–C–N with tert-alkyl or cyclic N) is 1. The molecule has 3 aromatic heterocycles. The number of anilines is 1. The molecule has 1 aliphatic rings. The van der Waals surface area contributed by atoms with Crippen LogP contribution in [-0.4, -0.2) is 63.2 Å². The van der Waals surface area contributed by atoms with E-state index in [1.165, 1.54) is 0 Å². The topological polar surface area (TPSA) is 101 Å². The third-order valence-electron chi connectivity index (χ3n) is 5.52. The maximum Gasteiger partial charge on any atom is 0.407 e. The van der Waals surface area contributed by atoms with Crippen molar-refractivity contribution in [3.8, 4) is 16.9 Å². The van der Waals surface area contributed by atoms with Crippen molar-refractivity contribution in [2.24, 2.45) is 0 Å². The average Bonchev–Trinajstić information content (AvgIpc) is 3.14. The second-order valence-electron chi connectivity index (χ2n) is 9.27. The van der Waals surface area contributed by atoms with Crippen molar-refractivity contribution in [3.05, 3.63) is 41.8 Å². The highest BCUT2D eigenvalue weighted by molar-refractivity contribution is 6.34. The molecule has 2 N–H and O–H groups in total. The van der Waals surface area contributed by atoms with Gasteiger partial charge >= 0.3 is 6.09 Å². The number of rotatable bonds is 5. The van der Waals surface area contributed by atoms with E-state index in [0.717, 1.165) is 22.5 Å². The molecular weight excluding hydrogens is 458 g/mol. The zero-order valence-electron chi connectivity index (χ0n) is 19.8. The predicted octanol–water partition coefficient (Wildman–Crippen LogP) is 3.91. The molecule has 0 aliphatic carbocycles. The second-order valence-corrected chi connectivity index (χ2v) is 9.68. The minimum Gasteiger partial charge on any atom is -0.492 e. The van der Waals surface area contributed by atoms with Crippen LogP contribution in [0, 0.1) is 0 Å². The van der Waals surface area contributed by atoms with Gasteiger partial charge in [0.25, 0.3) is 0 Å². The molecule has 0 radical (unpaired) electrons. The number of hydrogen-bond acceptors (Lipinski definition) is 7. The van der Waals surface area contributed by atoms with Gasteiger partial charge in [-0.05, 0) is 52.3 Å². The fourth-order valence-corrected chi connectivity index (χ4v) is 4.26. The lowest BCUT2D eigenvalue weighted by molar-refractivity contribution is 0.0402. The summed E-state index contributed by atoms with van der Waals surface area (Å²) in [5.41, 5.74) is 1.94. The van der Waals surface area contributed by atoms with E-state index < -0.39 is 17.8 Å². The molecule has 1 fully saturated rings. The molecule has 10 heteroatoms. The van der Waals surface area contributed by atoms with Crippen LogP contribution in [0.1, 0.15) is 34.1 Å². The molecule has 0 aromatic carbocycles. The number of nitrogens with zero attached hydrogens (tertiary/aromatic N) is 4. The average molecular weight is 488 g/mol. The molecule has 2 atom stereocenters. The Labute approximate surface area is 203 Å². The Balaban J connectivity index is 1.48. The Kier molecular flexibility index (Phi) is 6.86. The second kappa shape index (κ2) is 9.68. The highest BCUT2D eigenvalue weighted by Crippen LogP contribution is 2.33. The Morgan fingerprint density at radius 2 is 2.12 bits per heavy atom. The molecule has 1 aliphatic heterocycles. The maximum atomic E-state index is 12.1. The SMILES string of the molecule is CCOc1cc(-c2ccc(N3CC[C@H](NC(=O)OC(C)(C)C)[C@@H](O)C3)nc2)c2c(Cl)cnn2c1. The summed E-state index contributed by atoms with van der Waals surface area (Å²) < 4.78 is 12.7. The van der Waals surface area contributed by atoms with Gasteiger partial charge in [-0.15, -0.1) is 0 Å². The summed E-state index contributed by atoms with van der Waals surface area (Å²) >= 11 is 6.39. The van der Waals surface area contributed by atoms with E-state index in [1.54, 1.807) is 43.9 Å². The summed E-state index contributed by atoms with van der Waals surface area (Å²) in [5, 5.41) is 18.2. The Bertz CT molecular complexity index is 1160. The zero-order valence-corrected chi connectivity index (χ0v) is 20.5. The van der Waals surface area contributed by atoms with Crippen LogP contribution in [0.5, 0.6) is 5.75 Å². The molecule has 0 unspecified atom stereocenters. The van der Waals surface area contributed by atoms with Crippen molar-refractivity contribution in [1.29, 1.82) is 0 Å². The highest BCUT2D eigenvalue weighted by Gasteiger charge is 2.31. The van der Waals surface area contributed by atoms with Crippen LogP contribution in [0.3, 0.4) is 0 Å². The smallest absolute Gasteiger partial charge is 0.407 e. The molecule has 1 amide bonds. The quantitative estimate of drug-likeness (QED) is 0.562. The van der Waals surface area contributed by atoms with E-state index in [-0.39, 0.29) is 6.04 Å². The van der Waals surface area contributed by atoms with E-state index in [1.807, 2.05) is 30.0 Å². The highest BCUT2D eigenvalue weighted by atomic mass is 35.5. The molecule has 9 nitrogen and oxygen atoms in total. The monoisotopic (exact) mass is 487 g/mol. The van der Waals surface area contributed by atoms with E-state index in [2.05, 4.69) is 15.4 Å². The lowest BCUT2D eigenvalue weighted by Gasteiger charge is -2.37. The van der Waals surface area contributed by atoms with E-state index in [9.17, 15) is 9.90 Å².